The third-order valence-corrected chi connectivity index (χ3v) is 10.2. The van der Waals surface area contributed by atoms with E-state index in [2.05, 4.69) is 15.8 Å². The Hall–Kier alpha value is -1.94. The molecule has 8 nitrogen and oxygen atoms in total. The lowest BCUT2D eigenvalue weighted by Crippen LogP contribution is -2.47. The molecule has 0 unspecified atom stereocenters. The molecule has 0 atom stereocenters. The lowest BCUT2D eigenvalue weighted by atomic mass is 9.87. The van der Waals surface area contributed by atoms with Gasteiger partial charge in [0.15, 0.2) is 5.69 Å². The number of aromatic nitrogens is 1. The average Bonchev–Trinajstić information content (AvgIpc) is 3.60. The molecule has 1 aliphatic heterocycles. The standard InChI is InChI=1S/C26H35ClN4O4S/c27-23-4-2-1-3-20(23)16-28-21-9-5-18(6-10-21)17-36(33,34)31-13-11-22(12-14-31)29-26(32)24-15-25(35-30-24)19-7-8-19/h1-4,15,18-19,21-22,28H,5-14,16-17H2,(H,29,32). The van der Waals surface area contributed by atoms with Gasteiger partial charge in [0.25, 0.3) is 5.91 Å². The maximum absolute atomic E-state index is 13.1. The minimum absolute atomic E-state index is 0.0512. The Kier molecular flexibility index (Phi) is 8.00. The van der Waals surface area contributed by atoms with E-state index in [1.165, 1.54) is 0 Å². The molecular formula is C26H35ClN4O4S. The zero-order chi connectivity index (χ0) is 25.1. The van der Waals surface area contributed by atoms with Gasteiger partial charge in [-0.25, -0.2) is 12.7 Å². The Morgan fingerprint density at radius 1 is 1.03 bits per heavy atom. The van der Waals surface area contributed by atoms with Crippen molar-refractivity contribution in [2.24, 2.45) is 5.92 Å². The molecule has 0 bridgehead atoms. The minimum atomic E-state index is -3.31. The van der Waals surface area contributed by atoms with Gasteiger partial charge in [-0.3, -0.25) is 4.79 Å². The molecule has 196 valence electrons. The number of hydrogen-bond acceptors (Lipinski definition) is 6. The number of sulfonamides is 1. The summed E-state index contributed by atoms with van der Waals surface area (Å²) in [5.74, 6) is 1.36. The maximum Gasteiger partial charge on any atom is 0.273 e. The Balaban J connectivity index is 1.03. The Morgan fingerprint density at radius 3 is 2.44 bits per heavy atom. The highest BCUT2D eigenvalue weighted by Crippen LogP contribution is 2.40. The van der Waals surface area contributed by atoms with Gasteiger partial charge < -0.3 is 15.2 Å². The van der Waals surface area contributed by atoms with Crippen LogP contribution in [0.3, 0.4) is 0 Å². The summed E-state index contributed by atoms with van der Waals surface area (Å²) in [7, 11) is -3.31. The predicted octanol–water partition coefficient (Wildman–Crippen LogP) is 4.08. The van der Waals surface area contributed by atoms with E-state index in [1.54, 1.807) is 10.4 Å². The van der Waals surface area contributed by atoms with E-state index in [9.17, 15) is 13.2 Å². The van der Waals surface area contributed by atoms with E-state index in [1.807, 2.05) is 24.3 Å². The summed E-state index contributed by atoms with van der Waals surface area (Å²) in [6.45, 7) is 1.61. The third kappa shape index (κ3) is 6.49. The smallest absolute Gasteiger partial charge is 0.273 e. The second-order valence-corrected chi connectivity index (χ2v) is 12.9. The molecule has 2 N–H and O–H groups in total. The molecule has 10 heteroatoms. The summed E-state index contributed by atoms with van der Waals surface area (Å²) in [5, 5.41) is 11.2. The minimum Gasteiger partial charge on any atom is -0.360 e. The van der Waals surface area contributed by atoms with Crippen molar-refractivity contribution in [2.75, 3.05) is 18.8 Å². The lowest BCUT2D eigenvalue weighted by molar-refractivity contribution is 0.0914. The van der Waals surface area contributed by atoms with Gasteiger partial charge in [0.05, 0.1) is 5.75 Å². The van der Waals surface area contributed by atoms with Gasteiger partial charge in [-0.2, -0.15) is 0 Å². The van der Waals surface area contributed by atoms with E-state index in [0.29, 0.717) is 43.6 Å². The van der Waals surface area contributed by atoms with E-state index in [-0.39, 0.29) is 23.6 Å². The van der Waals surface area contributed by atoms with Crippen LogP contribution in [0.15, 0.2) is 34.9 Å². The van der Waals surface area contributed by atoms with Gasteiger partial charge in [0.1, 0.15) is 5.76 Å². The molecule has 3 fully saturated rings. The van der Waals surface area contributed by atoms with Crippen LogP contribution >= 0.6 is 11.6 Å². The summed E-state index contributed by atoms with van der Waals surface area (Å²) in [4.78, 5) is 12.5. The van der Waals surface area contributed by atoms with Crippen LogP contribution in [0.2, 0.25) is 5.02 Å². The first kappa shape index (κ1) is 25.7. The third-order valence-electron chi connectivity index (χ3n) is 7.76. The quantitative estimate of drug-likeness (QED) is 0.502. The Morgan fingerprint density at radius 2 is 1.75 bits per heavy atom. The normalized spacial score (nSPS) is 24.0. The monoisotopic (exact) mass is 534 g/mol. The van der Waals surface area contributed by atoms with Crippen LogP contribution in [-0.4, -0.2) is 54.7 Å². The van der Waals surface area contributed by atoms with Crippen molar-refractivity contribution in [3.05, 3.63) is 52.4 Å². The second-order valence-electron chi connectivity index (χ2n) is 10.5. The number of hydrogen-bond donors (Lipinski definition) is 2. The SMILES string of the molecule is O=C(NC1CCN(S(=O)(=O)CC2CCC(NCc3ccccc3Cl)CC2)CC1)c1cc(C2CC2)on1. The van der Waals surface area contributed by atoms with Crippen molar-refractivity contribution in [2.45, 2.75) is 75.9 Å². The average molecular weight is 535 g/mol. The van der Waals surface area contributed by atoms with Gasteiger partial charge in [0, 0.05) is 48.7 Å². The molecule has 1 amide bonds. The highest BCUT2D eigenvalue weighted by atomic mass is 35.5. The van der Waals surface area contributed by atoms with E-state index in [0.717, 1.165) is 61.4 Å². The van der Waals surface area contributed by atoms with Crippen LogP contribution in [0.4, 0.5) is 0 Å². The zero-order valence-electron chi connectivity index (χ0n) is 20.5. The second kappa shape index (κ2) is 11.2. The van der Waals surface area contributed by atoms with Crippen molar-refractivity contribution in [1.82, 2.24) is 20.1 Å². The van der Waals surface area contributed by atoms with Gasteiger partial charge in [0.2, 0.25) is 10.0 Å². The highest BCUT2D eigenvalue weighted by Gasteiger charge is 2.33. The number of halogens is 1. The van der Waals surface area contributed by atoms with Crippen molar-refractivity contribution >= 4 is 27.5 Å². The van der Waals surface area contributed by atoms with Gasteiger partial charge in [-0.1, -0.05) is 35.0 Å². The molecule has 2 aromatic rings. The molecule has 3 aliphatic rings. The summed E-state index contributed by atoms with van der Waals surface area (Å²) < 4.78 is 33.1. The van der Waals surface area contributed by atoms with Gasteiger partial charge in [-0.05, 0) is 68.9 Å². The first-order chi connectivity index (χ1) is 17.4. The number of carbonyl (C=O) groups is 1. The van der Waals surface area contributed by atoms with Crippen molar-refractivity contribution in [3.8, 4) is 0 Å². The van der Waals surface area contributed by atoms with Crippen LogP contribution in [0.1, 0.15) is 79.1 Å². The number of piperidine rings is 1. The topological polar surface area (TPSA) is 105 Å². The van der Waals surface area contributed by atoms with Crippen LogP contribution in [0, 0.1) is 5.92 Å². The highest BCUT2D eigenvalue weighted by molar-refractivity contribution is 7.89. The number of benzene rings is 1. The fourth-order valence-electron chi connectivity index (χ4n) is 5.33. The maximum atomic E-state index is 13.1. The predicted molar refractivity (Wildman–Crippen MR) is 138 cm³/mol. The molecule has 1 aromatic carbocycles. The molecule has 2 heterocycles. The summed E-state index contributed by atoms with van der Waals surface area (Å²) >= 11 is 6.25. The molecule has 2 aliphatic carbocycles. The molecule has 1 aromatic heterocycles. The summed E-state index contributed by atoms with van der Waals surface area (Å²) in [6, 6.07) is 9.92. The molecule has 5 rings (SSSR count). The van der Waals surface area contributed by atoms with Crippen molar-refractivity contribution in [3.63, 3.8) is 0 Å². The fourth-order valence-corrected chi connectivity index (χ4v) is 7.44. The largest absolute Gasteiger partial charge is 0.360 e. The lowest BCUT2D eigenvalue weighted by Gasteiger charge is -2.34. The molecular weight excluding hydrogens is 500 g/mol. The van der Waals surface area contributed by atoms with Crippen molar-refractivity contribution < 1.29 is 17.7 Å². The van der Waals surface area contributed by atoms with Crippen LogP contribution in [-0.2, 0) is 16.6 Å². The molecule has 0 spiro atoms. The van der Waals surface area contributed by atoms with Gasteiger partial charge >= 0.3 is 0 Å². The first-order valence-electron chi connectivity index (χ1n) is 13.1. The Labute approximate surface area is 218 Å². The molecule has 2 saturated carbocycles. The molecule has 0 radical (unpaired) electrons. The zero-order valence-corrected chi connectivity index (χ0v) is 22.1. The van der Waals surface area contributed by atoms with E-state index >= 15 is 0 Å². The number of rotatable bonds is 9. The van der Waals surface area contributed by atoms with Crippen LogP contribution in [0.5, 0.6) is 0 Å². The Bertz CT molecular complexity index is 1150. The van der Waals surface area contributed by atoms with Gasteiger partial charge in [-0.15, -0.1) is 0 Å². The molecule has 1 saturated heterocycles. The fraction of sp³-hybridized carbons (Fsp3) is 0.615. The number of nitrogens with zero attached hydrogens (tertiary/aromatic N) is 2. The van der Waals surface area contributed by atoms with Crippen LogP contribution < -0.4 is 10.6 Å². The molecule has 36 heavy (non-hydrogen) atoms. The summed E-state index contributed by atoms with van der Waals surface area (Å²) in [6.07, 6.45) is 7.16. The first-order valence-corrected chi connectivity index (χ1v) is 15.1. The summed E-state index contributed by atoms with van der Waals surface area (Å²) in [5.41, 5.74) is 1.40. The number of nitrogens with one attached hydrogen (secondary N) is 2. The van der Waals surface area contributed by atoms with Crippen molar-refractivity contribution in [1.29, 1.82) is 0 Å². The van der Waals surface area contributed by atoms with E-state index in [4.69, 9.17) is 16.1 Å². The van der Waals surface area contributed by atoms with E-state index < -0.39 is 10.0 Å². The number of amides is 1. The number of carbonyl (C=O) groups excluding carboxylic acids is 1. The van der Waals surface area contributed by atoms with Crippen LogP contribution in [0.25, 0.3) is 0 Å².